The van der Waals surface area contributed by atoms with Crippen LogP contribution >= 0.6 is 0 Å². The van der Waals surface area contributed by atoms with Gasteiger partial charge in [0.15, 0.2) is 0 Å². The number of hydrogen-bond acceptors (Lipinski definition) is 2. The van der Waals surface area contributed by atoms with Gasteiger partial charge in [0.05, 0.1) is 11.4 Å². The lowest BCUT2D eigenvalue weighted by atomic mass is 10.0. The van der Waals surface area contributed by atoms with Gasteiger partial charge in [0.1, 0.15) is 0 Å². The molecule has 0 spiro atoms. The van der Waals surface area contributed by atoms with Gasteiger partial charge in [0, 0.05) is 36.5 Å². The number of rotatable bonds is 7. The maximum absolute atomic E-state index is 12.7. The van der Waals surface area contributed by atoms with Crippen molar-refractivity contribution >= 4 is 23.4 Å². The summed E-state index contributed by atoms with van der Waals surface area (Å²) in [5.41, 5.74) is 3.70. The minimum Gasteiger partial charge on any atom is -0.325 e. The van der Waals surface area contributed by atoms with Crippen LogP contribution in [0, 0.1) is 0 Å². The number of para-hydroxylation sites is 2. The summed E-state index contributed by atoms with van der Waals surface area (Å²) in [7, 11) is 0. The fourth-order valence-corrected chi connectivity index (χ4v) is 3.13. The highest BCUT2D eigenvalue weighted by atomic mass is 16.2. The van der Waals surface area contributed by atoms with E-state index in [0.717, 1.165) is 11.1 Å². The van der Waals surface area contributed by atoms with Gasteiger partial charge in [-0.25, -0.2) is 9.59 Å². The third-order valence-electron chi connectivity index (χ3n) is 4.70. The summed E-state index contributed by atoms with van der Waals surface area (Å²) in [6, 6.07) is 14.7. The average molecular weight is 395 g/mol. The van der Waals surface area contributed by atoms with E-state index in [1.165, 1.54) is 0 Å². The van der Waals surface area contributed by atoms with Gasteiger partial charge in [-0.2, -0.15) is 0 Å². The summed E-state index contributed by atoms with van der Waals surface area (Å²) in [5.74, 6) is 0. The van der Waals surface area contributed by atoms with Crippen molar-refractivity contribution in [2.45, 2.75) is 27.7 Å². The minimum atomic E-state index is -0.239. The smallest absolute Gasteiger partial charge is 0.325 e. The fourth-order valence-electron chi connectivity index (χ4n) is 3.13. The van der Waals surface area contributed by atoms with E-state index >= 15 is 0 Å². The molecule has 2 aromatic rings. The SMILES string of the molecule is C=C(C)N(CC)C(=O)Nc1ccccc1-c1ccccc1NC(=O)N(CC)CC. The Bertz CT molecular complexity index is 875. The van der Waals surface area contributed by atoms with Crippen molar-refractivity contribution in [2.75, 3.05) is 30.3 Å². The van der Waals surface area contributed by atoms with Crippen molar-refractivity contribution in [3.05, 3.63) is 60.8 Å². The number of allylic oxidation sites excluding steroid dienone is 1. The summed E-state index contributed by atoms with van der Waals surface area (Å²) < 4.78 is 0. The van der Waals surface area contributed by atoms with Crippen molar-refractivity contribution in [1.29, 1.82) is 0 Å². The standard InChI is InChI=1S/C23H30N4O2/c1-6-26(7-2)22(28)24-20-15-11-9-13-18(20)19-14-10-12-16-21(19)25-23(29)27(8-3)17(4)5/h9-16H,4,6-8H2,1-3,5H3,(H,24,28)(H,25,29). The Morgan fingerprint density at radius 2 is 1.24 bits per heavy atom. The van der Waals surface area contributed by atoms with E-state index in [1.54, 1.807) is 16.7 Å². The molecule has 0 aromatic heterocycles. The fraction of sp³-hybridized carbons (Fsp3) is 0.304. The predicted molar refractivity (Wildman–Crippen MR) is 120 cm³/mol. The minimum absolute atomic E-state index is 0.150. The topological polar surface area (TPSA) is 64.7 Å². The van der Waals surface area contributed by atoms with E-state index in [0.29, 0.717) is 36.7 Å². The first-order valence-electron chi connectivity index (χ1n) is 9.91. The molecular weight excluding hydrogens is 364 g/mol. The highest BCUT2D eigenvalue weighted by Gasteiger charge is 2.17. The number of anilines is 2. The number of benzene rings is 2. The van der Waals surface area contributed by atoms with E-state index in [2.05, 4.69) is 17.2 Å². The zero-order valence-corrected chi connectivity index (χ0v) is 17.7. The second-order valence-electron chi connectivity index (χ2n) is 6.60. The lowest BCUT2D eigenvalue weighted by Crippen LogP contribution is -2.34. The van der Waals surface area contributed by atoms with Crippen LogP contribution in [0.2, 0.25) is 0 Å². The number of carbonyl (C=O) groups excluding carboxylic acids is 2. The molecular formula is C23H30N4O2. The Labute approximate surface area is 173 Å². The van der Waals surface area contributed by atoms with E-state index in [-0.39, 0.29) is 12.1 Å². The van der Waals surface area contributed by atoms with Crippen LogP contribution in [-0.4, -0.2) is 41.5 Å². The molecule has 29 heavy (non-hydrogen) atoms. The molecule has 0 unspecified atom stereocenters. The number of urea groups is 2. The highest BCUT2D eigenvalue weighted by Crippen LogP contribution is 2.34. The van der Waals surface area contributed by atoms with Crippen LogP contribution in [0.1, 0.15) is 27.7 Å². The van der Waals surface area contributed by atoms with Crippen LogP contribution in [0.5, 0.6) is 0 Å². The van der Waals surface area contributed by atoms with Crippen LogP contribution in [-0.2, 0) is 0 Å². The number of hydrogen-bond donors (Lipinski definition) is 2. The van der Waals surface area contributed by atoms with Gasteiger partial charge in [0.2, 0.25) is 0 Å². The maximum atomic E-state index is 12.7. The molecule has 4 amide bonds. The molecule has 0 fully saturated rings. The van der Waals surface area contributed by atoms with E-state index in [4.69, 9.17) is 0 Å². The molecule has 0 aliphatic heterocycles. The van der Waals surface area contributed by atoms with Crippen LogP contribution in [0.15, 0.2) is 60.8 Å². The van der Waals surface area contributed by atoms with Crippen molar-refractivity contribution < 1.29 is 9.59 Å². The van der Waals surface area contributed by atoms with Gasteiger partial charge >= 0.3 is 12.1 Å². The summed E-state index contributed by atoms with van der Waals surface area (Å²) in [6.45, 7) is 13.2. The monoisotopic (exact) mass is 394 g/mol. The molecule has 0 radical (unpaired) electrons. The van der Waals surface area contributed by atoms with Crippen LogP contribution in [0.3, 0.4) is 0 Å². The van der Waals surface area contributed by atoms with Crippen LogP contribution in [0.4, 0.5) is 21.0 Å². The number of nitrogens with zero attached hydrogens (tertiary/aromatic N) is 2. The second-order valence-corrected chi connectivity index (χ2v) is 6.60. The molecule has 0 saturated heterocycles. The van der Waals surface area contributed by atoms with E-state index < -0.39 is 0 Å². The molecule has 6 nitrogen and oxygen atoms in total. The Morgan fingerprint density at radius 3 is 1.66 bits per heavy atom. The molecule has 0 aliphatic carbocycles. The van der Waals surface area contributed by atoms with Gasteiger partial charge in [-0.05, 0) is 39.8 Å². The highest BCUT2D eigenvalue weighted by molar-refractivity contribution is 6.00. The lowest BCUT2D eigenvalue weighted by molar-refractivity contribution is 0.217. The van der Waals surface area contributed by atoms with Crippen molar-refractivity contribution in [3.8, 4) is 11.1 Å². The molecule has 0 saturated carbocycles. The zero-order valence-electron chi connectivity index (χ0n) is 17.7. The first-order chi connectivity index (χ1) is 13.9. The third-order valence-corrected chi connectivity index (χ3v) is 4.70. The molecule has 0 bridgehead atoms. The van der Waals surface area contributed by atoms with Crippen molar-refractivity contribution in [1.82, 2.24) is 9.80 Å². The molecule has 0 atom stereocenters. The molecule has 2 N–H and O–H groups in total. The third kappa shape index (κ3) is 5.38. The maximum Gasteiger partial charge on any atom is 0.326 e. The van der Waals surface area contributed by atoms with E-state index in [9.17, 15) is 9.59 Å². The molecule has 2 aromatic carbocycles. The molecule has 2 rings (SSSR count). The average Bonchev–Trinajstić information content (AvgIpc) is 2.70. The molecule has 6 heteroatoms. The normalized spacial score (nSPS) is 10.2. The Hall–Kier alpha value is -3.28. The van der Waals surface area contributed by atoms with Gasteiger partial charge in [-0.15, -0.1) is 0 Å². The number of amides is 4. The lowest BCUT2D eigenvalue weighted by Gasteiger charge is -2.23. The first kappa shape index (κ1) is 22.0. The second kappa shape index (κ2) is 10.3. The Balaban J connectivity index is 2.38. The Kier molecular flexibility index (Phi) is 7.83. The van der Waals surface area contributed by atoms with Crippen LogP contribution < -0.4 is 10.6 Å². The van der Waals surface area contributed by atoms with Crippen LogP contribution in [0.25, 0.3) is 11.1 Å². The molecule has 154 valence electrons. The van der Waals surface area contributed by atoms with Gasteiger partial charge in [-0.3, -0.25) is 4.90 Å². The summed E-state index contributed by atoms with van der Waals surface area (Å²) in [4.78, 5) is 28.5. The first-order valence-corrected chi connectivity index (χ1v) is 9.91. The largest absolute Gasteiger partial charge is 0.326 e. The van der Waals surface area contributed by atoms with Gasteiger partial charge in [0.25, 0.3) is 0 Å². The summed E-state index contributed by atoms with van der Waals surface area (Å²) >= 11 is 0. The Morgan fingerprint density at radius 1 is 0.793 bits per heavy atom. The van der Waals surface area contributed by atoms with Crippen molar-refractivity contribution in [3.63, 3.8) is 0 Å². The van der Waals surface area contributed by atoms with Gasteiger partial charge < -0.3 is 15.5 Å². The quantitative estimate of drug-likeness (QED) is 0.640. The zero-order chi connectivity index (χ0) is 21.4. The summed E-state index contributed by atoms with van der Waals surface area (Å²) in [5, 5.41) is 5.96. The molecule has 0 aliphatic rings. The van der Waals surface area contributed by atoms with E-state index in [1.807, 2.05) is 69.3 Å². The number of carbonyl (C=O) groups is 2. The number of nitrogens with one attached hydrogen (secondary N) is 2. The molecule has 0 heterocycles. The van der Waals surface area contributed by atoms with Gasteiger partial charge in [-0.1, -0.05) is 43.0 Å². The predicted octanol–water partition coefficient (Wildman–Crippen LogP) is 5.61. The summed E-state index contributed by atoms with van der Waals surface area (Å²) in [6.07, 6.45) is 0. The van der Waals surface area contributed by atoms with Crippen molar-refractivity contribution in [2.24, 2.45) is 0 Å².